The maximum absolute atomic E-state index is 12.8. The number of methoxy groups -OCH3 is 2. The van der Waals surface area contributed by atoms with Crippen molar-refractivity contribution in [1.82, 2.24) is 4.98 Å². The lowest BCUT2D eigenvalue weighted by atomic mass is 10.4. The van der Waals surface area contributed by atoms with Crippen LogP contribution in [0.15, 0.2) is 4.79 Å². The first-order valence-electron chi connectivity index (χ1n) is 3.31. The van der Waals surface area contributed by atoms with Crippen LogP contribution in [0.25, 0.3) is 0 Å². The number of hydrogen-bond donors (Lipinski definition) is 1. The average molecular weight is 191 g/mol. The summed E-state index contributed by atoms with van der Waals surface area (Å²) < 4.78 is 34.5. The maximum Gasteiger partial charge on any atom is 0.260 e. The third kappa shape index (κ3) is 1.47. The summed E-state index contributed by atoms with van der Waals surface area (Å²) in [6, 6.07) is 0. The van der Waals surface area contributed by atoms with Crippen LogP contribution in [0.5, 0.6) is 11.8 Å². The summed E-state index contributed by atoms with van der Waals surface area (Å²) in [4.78, 5) is 12.9. The molecule has 0 unspecified atom stereocenters. The fraction of sp³-hybridized carbons (Fsp3) is 0.286. The highest BCUT2D eigenvalue weighted by Gasteiger charge is 2.17. The van der Waals surface area contributed by atoms with E-state index in [4.69, 9.17) is 0 Å². The second-order valence-corrected chi connectivity index (χ2v) is 2.15. The zero-order chi connectivity index (χ0) is 10.0. The molecule has 0 amide bonds. The Kier molecular flexibility index (Phi) is 2.50. The van der Waals surface area contributed by atoms with Crippen LogP contribution in [0.2, 0.25) is 0 Å². The Labute approximate surface area is 72.1 Å². The number of aromatic amines is 1. The van der Waals surface area contributed by atoms with Crippen molar-refractivity contribution in [2.75, 3.05) is 14.2 Å². The topological polar surface area (TPSA) is 51.3 Å². The molecule has 1 N–H and O–H groups in total. The molecular weight excluding hydrogens is 184 g/mol. The third-order valence-electron chi connectivity index (χ3n) is 1.43. The lowest BCUT2D eigenvalue weighted by Crippen LogP contribution is -2.15. The van der Waals surface area contributed by atoms with Crippen molar-refractivity contribution < 1.29 is 18.3 Å². The smallest absolute Gasteiger partial charge is 0.260 e. The van der Waals surface area contributed by atoms with Gasteiger partial charge >= 0.3 is 0 Å². The van der Waals surface area contributed by atoms with Crippen molar-refractivity contribution in [1.29, 1.82) is 0 Å². The van der Waals surface area contributed by atoms with Crippen LogP contribution in [-0.4, -0.2) is 19.2 Å². The minimum Gasteiger partial charge on any atom is -0.480 e. The van der Waals surface area contributed by atoms with Crippen LogP contribution in [0, 0.1) is 11.6 Å². The maximum atomic E-state index is 12.8. The Bertz CT molecular complexity index is 343. The molecule has 0 spiro atoms. The molecule has 0 bridgehead atoms. The number of nitrogens with one attached hydrogen (secondary N) is 1. The van der Waals surface area contributed by atoms with Gasteiger partial charge in [-0.1, -0.05) is 0 Å². The largest absolute Gasteiger partial charge is 0.480 e. The van der Waals surface area contributed by atoms with E-state index in [2.05, 4.69) is 14.5 Å². The molecule has 0 saturated carbocycles. The fourth-order valence-electron chi connectivity index (χ4n) is 0.797. The van der Waals surface area contributed by atoms with E-state index in [1.54, 1.807) is 0 Å². The first-order chi connectivity index (χ1) is 6.11. The van der Waals surface area contributed by atoms with Gasteiger partial charge in [0.1, 0.15) is 0 Å². The first kappa shape index (κ1) is 9.50. The van der Waals surface area contributed by atoms with Crippen LogP contribution >= 0.6 is 0 Å². The normalized spacial score (nSPS) is 9.85. The molecule has 1 aromatic rings. The highest BCUT2D eigenvalue weighted by Crippen LogP contribution is 2.16. The fourth-order valence-corrected chi connectivity index (χ4v) is 0.797. The van der Waals surface area contributed by atoms with E-state index in [0.717, 1.165) is 14.2 Å². The van der Waals surface area contributed by atoms with Crippen molar-refractivity contribution >= 4 is 0 Å². The summed E-state index contributed by atoms with van der Waals surface area (Å²) in [6.07, 6.45) is 0. The number of ether oxygens (including phenoxy) is 2. The number of halogens is 2. The molecule has 1 aromatic heterocycles. The van der Waals surface area contributed by atoms with Gasteiger partial charge in [0.2, 0.25) is 23.4 Å². The summed E-state index contributed by atoms with van der Waals surface area (Å²) in [5.41, 5.74) is -1.38. The van der Waals surface area contributed by atoms with Gasteiger partial charge in [0, 0.05) is 0 Å². The van der Waals surface area contributed by atoms with Gasteiger partial charge in [0.15, 0.2) is 0 Å². The summed E-state index contributed by atoms with van der Waals surface area (Å²) in [5.74, 6) is -3.52. The van der Waals surface area contributed by atoms with E-state index >= 15 is 0 Å². The SMILES string of the molecule is COc1[nH]c(OC)c(F)c(=O)c1F. The number of H-pyrrole nitrogens is 1. The second-order valence-electron chi connectivity index (χ2n) is 2.15. The van der Waals surface area contributed by atoms with Gasteiger partial charge in [-0.15, -0.1) is 0 Å². The molecule has 72 valence electrons. The molecule has 0 radical (unpaired) electrons. The average Bonchev–Trinajstić information content (AvgIpc) is 2.15. The molecular formula is C7H7F2NO3. The second kappa shape index (κ2) is 3.42. The van der Waals surface area contributed by atoms with Crippen molar-refractivity contribution in [2.24, 2.45) is 0 Å². The summed E-state index contributed by atoms with van der Waals surface area (Å²) in [7, 11) is 2.29. The zero-order valence-electron chi connectivity index (χ0n) is 6.98. The number of rotatable bonds is 2. The molecule has 1 heterocycles. The van der Waals surface area contributed by atoms with E-state index in [1.165, 1.54) is 0 Å². The molecule has 0 saturated heterocycles. The lowest BCUT2D eigenvalue weighted by molar-refractivity contribution is 0.325. The van der Waals surface area contributed by atoms with Gasteiger partial charge in [-0.25, -0.2) is 0 Å². The molecule has 0 aliphatic heterocycles. The van der Waals surface area contributed by atoms with Gasteiger partial charge < -0.3 is 9.47 Å². The predicted octanol–water partition coefficient (Wildman–Crippen LogP) is 0.670. The van der Waals surface area contributed by atoms with Crippen LogP contribution < -0.4 is 14.9 Å². The van der Waals surface area contributed by atoms with E-state index in [-0.39, 0.29) is 0 Å². The standard InChI is InChI=1S/C7H7F2NO3/c1-12-6-3(8)5(11)4(9)7(10-6)13-2/h1-2H3,(H,10,11). The van der Waals surface area contributed by atoms with Gasteiger partial charge in [-0.2, -0.15) is 8.78 Å². The van der Waals surface area contributed by atoms with Crippen LogP contribution in [0.4, 0.5) is 8.78 Å². The summed E-state index contributed by atoms with van der Waals surface area (Å²) >= 11 is 0. The Morgan fingerprint density at radius 2 is 1.46 bits per heavy atom. The van der Waals surface area contributed by atoms with Crippen LogP contribution in [0.1, 0.15) is 0 Å². The summed E-state index contributed by atoms with van der Waals surface area (Å²) in [5, 5.41) is 0. The Hall–Kier alpha value is -1.59. The highest BCUT2D eigenvalue weighted by atomic mass is 19.1. The van der Waals surface area contributed by atoms with Gasteiger partial charge in [-0.3, -0.25) is 9.78 Å². The molecule has 0 aromatic carbocycles. The predicted molar refractivity (Wildman–Crippen MR) is 40.1 cm³/mol. The minimum absolute atomic E-state index is 0.455. The Morgan fingerprint density at radius 1 is 1.08 bits per heavy atom. The summed E-state index contributed by atoms with van der Waals surface area (Å²) in [6.45, 7) is 0. The zero-order valence-corrected chi connectivity index (χ0v) is 6.98. The molecule has 0 aliphatic rings. The number of pyridine rings is 1. The highest BCUT2D eigenvalue weighted by molar-refractivity contribution is 5.23. The Morgan fingerprint density at radius 3 is 1.77 bits per heavy atom. The van der Waals surface area contributed by atoms with E-state index in [0.29, 0.717) is 0 Å². The molecule has 13 heavy (non-hydrogen) atoms. The first-order valence-corrected chi connectivity index (χ1v) is 3.31. The molecule has 0 fully saturated rings. The van der Waals surface area contributed by atoms with Gasteiger partial charge in [-0.05, 0) is 0 Å². The van der Waals surface area contributed by atoms with Crippen LogP contribution in [-0.2, 0) is 0 Å². The lowest BCUT2D eigenvalue weighted by Gasteiger charge is -2.05. The molecule has 0 atom stereocenters. The van der Waals surface area contributed by atoms with E-state index in [9.17, 15) is 13.6 Å². The molecule has 1 rings (SSSR count). The molecule has 6 heteroatoms. The van der Waals surface area contributed by atoms with Crippen molar-refractivity contribution in [2.45, 2.75) is 0 Å². The van der Waals surface area contributed by atoms with Crippen LogP contribution in [0.3, 0.4) is 0 Å². The number of aromatic nitrogens is 1. The van der Waals surface area contributed by atoms with Crippen molar-refractivity contribution in [3.05, 3.63) is 21.9 Å². The van der Waals surface area contributed by atoms with Crippen molar-refractivity contribution in [3.8, 4) is 11.8 Å². The third-order valence-corrected chi connectivity index (χ3v) is 1.43. The number of hydrogen-bond acceptors (Lipinski definition) is 3. The van der Waals surface area contributed by atoms with E-state index in [1.807, 2.05) is 0 Å². The molecule has 0 aliphatic carbocycles. The van der Waals surface area contributed by atoms with Gasteiger partial charge in [0.25, 0.3) is 5.43 Å². The monoisotopic (exact) mass is 191 g/mol. The van der Waals surface area contributed by atoms with Crippen molar-refractivity contribution in [3.63, 3.8) is 0 Å². The minimum atomic E-state index is -1.38. The van der Waals surface area contributed by atoms with Gasteiger partial charge in [0.05, 0.1) is 14.2 Å². The molecule has 4 nitrogen and oxygen atoms in total. The van der Waals surface area contributed by atoms with E-state index < -0.39 is 28.8 Å². The Balaban J connectivity index is 3.46. The quantitative estimate of drug-likeness (QED) is 0.747.